The van der Waals surface area contributed by atoms with Gasteiger partial charge < -0.3 is 4.90 Å². The third-order valence-corrected chi connectivity index (χ3v) is 5.79. The van der Waals surface area contributed by atoms with Crippen LogP contribution in [0.2, 0.25) is 0 Å². The summed E-state index contributed by atoms with van der Waals surface area (Å²) in [6, 6.07) is 41.6. The molecular formula is C28H19N. The Morgan fingerprint density at radius 1 is 0.414 bits per heavy atom. The summed E-state index contributed by atoms with van der Waals surface area (Å²) in [5, 5.41) is 2.56. The molecule has 1 nitrogen and oxygen atoms in total. The zero-order valence-corrected chi connectivity index (χ0v) is 15.9. The lowest BCUT2D eigenvalue weighted by Crippen LogP contribution is -2.09. The SMILES string of the molecule is c1ccc(N2c3ccc(cc3)-c3ccc4ccccc4c3-c3ccc2cc3)cc1. The van der Waals surface area contributed by atoms with E-state index in [1.54, 1.807) is 0 Å². The van der Waals surface area contributed by atoms with Gasteiger partial charge in [-0.1, -0.05) is 78.9 Å². The van der Waals surface area contributed by atoms with Crippen molar-refractivity contribution < 1.29 is 0 Å². The Kier molecular flexibility index (Phi) is 3.54. The quantitative estimate of drug-likeness (QED) is 0.284. The number of rotatable bonds is 1. The molecule has 0 atom stereocenters. The maximum atomic E-state index is 2.31. The number of benzene rings is 5. The molecule has 4 aliphatic rings. The Morgan fingerprint density at radius 3 is 1.72 bits per heavy atom. The Hall–Kier alpha value is -3.84. The van der Waals surface area contributed by atoms with Gasteiger partial charge in [-0.15, -0.1) is 0 Å². The van der Waals surface area contributed by atoms with Crippen molar-refractivity contribution >= 4 is 27.8 Å². The lowest BCUT2D eigenvalue weighted by atomic mass is 9.90. The first-order valence-corrected chi connectivity index (χ1v) is 9.96. The molecule has 4 bridgehead atoms. The summed E-state index contributed by atoms with van der Waals surface area (Å²) in [5.74, 6) is 0. The van der Waals surface area contributed by atoms with Gasteiger partial charge in [0.2, 0.25) is 0 Å². The molecule has 0 unspecified atom stereocenters. The molecule has 136 valence electrons. The second-order valence-electron chi connectivity index (χ2n) is 7.47. The topological polar surface area (TPSA) is 3.24 Å². The summed E-state index contributed by atoms with van der Waals surface area (Å²) in [7, 11) is 0. The summed E-state index contributed by atoms with van der Waals surface area (Å²) in [6.45, 7) is 0. The highest BCUT2D eigenvalue weighted by molar-refractivity contribution is 6.04. The van der Waals surface area contributed by atoms with Crippen molar-refractivity contribution in [2.45, 2.75) is 0 Å². The largest absolute Gasteiger partial charge is 0.311 e. The van der Waals surface area contributed by atoms with Gasteiger partial charge in [0.1, 0.15) is 0 Å². The zero-order valence-electron chi connectivity index (χ0n) is 15.9. The van der Waals surface area contributed by atoms with Gasteiger partial charge in [0.15, 0.2) is 0 Å². The molecule has 1 heteroatoms. The summed E-state index contributed by atoms with van der Waals surface area (Å²) < 4.78 is 0. The molecular weight excluding hydrogens is 350 g/mol. The molecule has 0 amide bonds. The van der Waals surface area contributed by atoms with E-state index in [4.69, 9.17) is 0 Å². The molecule has 0 saturated heterocycles. The predicted molar refractivity (Wildman–Crippen MR) is 123 cm³/mol. The number of fused-ring (bicyclic) bond motifs is 1. The molecule has 29 heavy (non-hydrogen) atoms. The van der Waals surface area contributed by atoms with Crippen molar-refractivity contribution in [1.82, 2.24) is 0 Å². The van der Waals surface area contributed by atoms with Crippen LogP contribution in [-0.4, -0.2) is 0 Å². The van der Waals surface area contributed by atoms with Crippen LogP contribution >= 0.6 is 0 Å². The number of nitrogens with zero attached hydrogens (tertiary/aromatic N) is 1. The van der Waals surface area contributed by atoms with Gasteiger partial charge in [0.25, 0.3) is 0 Å². The third-order valence-electron chi connectivity index (χ3n) is 5.79. The van der Waals surface area contributed by atoms with Gasteiger partial charge in [0, 0.05) is 17.1 Å². The molecule has 9 rings (SSSR count). The Balaban J connectivity index is 1.69. The fourth-order valence-electron chi connectivity index (χ4n) is 4.41. The van der Waals surface area contributed by atoms with E-state index in [0.717, 1.165) is 17.1 Å². The average molecular weight is 369 g/mol. The van der Waals surface area contributed by atoms with E-state index in [2.05, 4.69) is 120 Å². The first-order chi connectivity index (χ1) is 14.4. The Morgan fingerprint density at radius 2 is 1.00 bits per heavy atom. The van der Waals surface area contributed by atoms with E-state index in [1.165, 1.54) is 33.0 Å². The first-order valence-electron chi connectivity index (χ1n) is 9.96. The molecule has 4 heterocycles. The minimum Gasteiger partial charge on any atom is -0.311 e. The predicted octanol–water partition coefficient (Wildman–Crippen LogP) is 7.96. The molecule has 0 aliphatic carbocycles. The molecule has 0 radical (unpaired) electrons. The highest BCUT2D eigenvalue weighted by Gasteiger charge is 2.17. The molecule has 5 aromatic carbocycles. The van der Waals surface area contributed by atoms with E-state index in [9.17, 15) is 0 Å². The van der Waals surface area contributed by atoms with Crippen LogP contribution in [0.1, 0.15) is 0 Å². The van der Waals surface area contributed by atoms with Gasteiger partial charge in [-0.3, -0.25) is 0 Å². The summed E-state index contributed by atoms with van der Waals surface area (Å²) in [5.41, 5.74) is 8.56. The van der Waals surface area contributed by atoms with Crippen molar-refractivity contribution in [2.75, 3.05) is 4.90 Å². The molecule has 0 aromatic heterocycles. The number of hydrogen-bond donors (Lipinski definition) is 0. The van der Waals surface area contributed by atoms with Crippen molar-refractivity contribution in [3.8, 4) is 22.3 Å². The number of para-hydroxylation sites is 1. The lowest BCUT2D eigenvalue weighted by Gasteiger charge is -2.25. The maximum absolute atomic E-state index is 2.31. The average Bonchev–Trinajstić information content (AvgIpc) is 2.86. The zero-order chi connectivity index (χ0) is 19.2. The summed E-state index contributed by atoms with van der Waals surface area (Å²) >= 11 is 0. The molecule has 0 fully saturated rings. The van der Waals surface area contributed by atoms with E-state index in [0.29, 0.717) is 0 Å². The lowest BCUT2D eigenvalue weighted by molar-refractivity contribution is 1.29. The Labute approximate surface area is 170 Å². The van der Waals surface area contributed by atoms with Crippen molar-refractivity contribution in [2.24, 2.45) is 0 Å². The third kappa shape index (κ3) is 2.55. The van der Waals surface area contributed by atoms with Crippen LogP contribution in [0, 0.1) is 0 Å². The van der Waals surface area contributed by atoms with Gasteiger partial charge in [0.05, 0.1) is 0 Å². The summed E-state index contributed by atoms with van der Waals surface area (Å²) in [6.07, 6.45) is 0. The molecule has 4 aliphatic heterocycles. The van der Waals surface area contributed by atoms with Gasteiger partial charge in [-0.05, 0) is 69.4 Å². The highest BCUT2D eigenvalue weighted by atomic mass is 15.1. The molecule has 0 N–H and O–H groups in total. The van der Waals surface area contributed by atoms with Gasteiger partial charge >= 0.3 is 0 Å². The standard InChI is InChI=1S/C28H19N/c1-2-7-23(8-3-1)29-24-15-10-21(11-16-24)27-19-14-20-6-4-5-9-26(20)28(27)22-12-17-25(29)18-13-22/h1-19H. The van der Waals surface area contributed by atoms with Crippen LogP contribution in [0.25, 0.3) is 33.0 Å². The monoisotopic (exact) mass is 369 g/mol. The molecule has 0 spiro atoms. The number of hydrogen-bond acceptors (Lipinski definition) is 1. The fourth-order valence-corrected chi connectivity index (χ4v) is 4.41. The first kappa shape index (κ1) is 16.1. The van der Waals surface area contributed by atoms with Crippen LogP contribution in [-0.2, 0) is 0 Å². The van der Waals surface area contributed by atoms with Crippen LogP contribution in [0.15, 0.2) is 115 Å². The van der Waals surface area contributed by atoms with Gasteiger partial charge in [-0.2, -0.15) is 0 Å². The van der Waals surface area contributed by atoms with E-state index in [-0.39, 0.29) is 0 Å². The minimum absolute atomic E-state index is 1.16. The second kappa shape index (κ2) is 6.35. The van der Waals surface area contributed by atoms with E-state index >= 15 is 0 Å². The minimum atomic E-state index is 1.16. The van der Waals surface area contributed by atoms with Crippen LogP contribution in [0.5, 0.6) is 0 Å². The smallest absolute Gasteiger partial charge is 0.0462 e. The van der Waals surface area contributed by atoms with Crippen molar-refractivity contribution in [3.05, 3.63) is 115 Å². The summed E-state index contributed by atoms with van der Waals surface area (Å²) in [4.78, 5) is 2.31. The fraction of sp³-hybridized carbons (Fsp3) is 0. The van der Waals surface area contributed by atoms with Crippen molar-refractivity contribution in [1.29, 1.82) is 0 Å². The van der Waals surface area contributed by atoms with Crippen molar-refractivity contribution in [3.63, 3.8) is 0 Å². The highest BCUT2D eigenvalue weighted by Crippen LogP contribution is 2.42. The van der Waals surface area contributed by atoms with Crippen LogP contribution in [0.4, 0.5) is 17.1 Å². The van der Waals surface area contributed by atoms with E-state index in [1.807, 2.05) is 0 Å². The van der Waals surface area contributed by atoms with E-state index < -0.39 is 0 Å². The number of anilines is 3. The molecule has 0 saturated carbocycles. The van der Waals surface area contributed by atoms with Crippen LogP contribution in [0.3, 0.4) is 0 Å². The maximum Gasteiger partial charge on any atom is 0.0462 e. The van der Waals surface area contributed by atoms with Crippen LogP contribution < -0.4 is 4.90 Å². The van der Waals surface area contributed by atoms with Gasteiger partial charge in [-0.25, -0.2) is 0 Å². The Bertz CT molecular complexity index is 1320. The second-order valence-corrected chi connectivity index (χ2v) is 7.47. The molecule has 5 aromatic rings. The normalized spacial score (nSPS) is 12.1.